The number of carbonyl (C=O) groups excluding carboxylic acids is 4. The molecule has 1 aliphatic heterocycles. The fourth-order valence-electron chi connectivity index (χ4n) is 3.91. The molecule has 1 aromatic carbocycles. The van der Waals surface area contributed by atoms with Crippen LogP contribution in [0.15, 0.2) is 22.7 Å². The molecule has 10 heteroatoms. The summed E-state index contributed by atoms with van der Waals surface area (Å²) in [5, 5.41) is 5.31. The monoisotopic (exact) mass is 480 g/mol. The molecule has 0 aromatic heterocycles. The lowest BCUT2D eigenvalue weighted by Gasteiger charge is -2.32. The minimum atomic E-state index is -0.805. The highest BCUT2D eigenvalue weighted by atomic mass is 79.9. The number of likely N-dealkylation sites (tertiary alicyclic amines) is 1. The number of amides is 4. The first-order chi connectivity index (χ1) is 14.1. The van der Waals surface area contributed by atoms with E-state index in [-0.39, 0.29) is 40.9 Å². The second-order valence-electron chi connectivity index (χ2n) is 7.96. The van der Waals surface area contributed by atoms with E-state index in [1.807, 2.05) is 13.8 Å². The van der Waals surface area contributed by atoms with E-state index in [1.54, 1.807) is 17.0 Å². The van der Waals surface area contributed by atoms with Crippen molar-refractivity contribution in [3.05, 3.63) is 28.2 Å². The highest BCUT2D eigenvalue weighted by Gasteiger charge is 2.57. The molecule has 2 unspecified atom stereocenters. The number of primary amides is 1. The van der Waals surface area contributed by atoms with Gasteiger partial charge in [0.1, 0.15) is 12.1 Å². The maximum atomic E-state index is 13.3. The quantitative estimate of drug-likeness (QED) is 0.571. The number of anilines is 1. The van der Waals surface area contributed by atoms with E-state index in [1.165, 1.54) is 13.2 Å². The van der Waals surface area contributed by atoms with Crippen molar-refractivity contribution < 1.29 is 23.9 Å². The first kappa shape index (κ1) is 22.1. The number of nitrogens with one attached hydrogen (secondary N) is 2. The van der Waals surface area contributed by atoms with Crippen LogP contribution in [0.4, 0.5) is 10.5 Å². The summed E-state index contributed by atoms with van der Waals surface area (Å²) in [6.07, 6.45) is 0.674. The van der Waals surface area contributed by atoms with Crippen LogP contribution in [0.25, 0.3) is 0 Å². The van der Waals surface area contributed by atoms with Crippen molar-refractivity contribution in [1.82, 2.24) is 10.2 Å². The molecular formula is C20H25BrN4O5. The van der Waals surface area contributed by atoms with Gasteiger partial charge >= 0.3 is 6.09 Å². The normalized spacial score (nSPS) is 22.8. The molecule has 4 amide bonds. The number of nitrogens with zero attached hydrogens (tertiary/aromatic N) is 1. The molecule has 0 spiro atoms. The Hall–Kier alpha value is -2.62. The van der Waals surface area contributed by atoms with Crippen molar-refractivity contribution in [2.24, 2.45) is 17.6 Å². The summed E-state index contributed by atoms with van der Waals surface area (Å²) in [6.45, 7) is 3.63. The largest absolute Gasteiger partial charge is 0.453 e. The molecule has 3 rings (SSSR count). The molecular weight excluding hydrogens is 456 g/mol. The van der Waals surface area contributed by atoms with Gasteiger partial charge in [0.15, 0.2) is 0 Å². The van der Waals surface area contributed by atoms with Crippen molar-refractivity contribution in [2.45, 2.75) is 44.8 Å². The van der Waals surface area contributed by atoms with Gasteiger partial charge in [-0.1, -0.05) is 29.8 Å². The molecule has 1 heterocycles. The Balaban J connectivity index is 1.80. The third-order valence-corrected chi connectivity index (χ3v) is 6.05. The van der Waals surface area contributed by atoms with Gasteiger partial charge in [0, 0.05) is 10.5 Å². The van der Waals surface area contributed by atoms with Crippen LogP contribution in [0.3, 0.4) is 0 Å². The summed E-state index contributed by atoms with van der Waals surface area (Å²) < 4.78 is 5.29. The van der Waals surface area contributed by atoms with E-state index < -0.39 is 24.1 Å². The average Bonchev–Trinajstić information content (AvgIpc) is 3.35. The van der Waals surface area contributed by atoms with Crippen LogP contribution >= 0.6 is 15.9 Å². The number of rotatable bonds is 6. The zero-order valence-corrected chi connectivity index (χ0v) is 18.6. The highest BCUT2D eigenvalue weighted by Crippen LogP contribution is 2.48. The van der Waals surface area contributed by atoms with Gasteiger partial charge in [0.25, 0.3) is 5.91 Å². The zero-order valence-electron chi connectivity index (χ0n) is 17.0. The summed E-state index contributed by atoms with van der Waals surface area (Å²) in [6, 6.07) is 3.29. The van der Waals surface area contributed by atoms with E-state index in [9.17, 15) is 19.2 Å². The average molecular weight is 481 g/mol. The molecule has 4 N–H and O–H groups in total. The summed E-state index contributed by atoms with van der Waals surface area (Å²) in [5.41, 5.74) is 5.88. The first-order valence-electron chi connectivity index (χ1n) is 9.70. The van der Waals surface area contributed by atoms with E-state index in [0.717, 1.165) is 6.42 Å². The van der Waals surface area contributed by atoms with Crippen LogP contribution in [0.5, 0.6) is 0 Å². The molecule has 2 aliphatic rings. The number of alkyl carbamates (subject to hydrolysis) is 1. The van der Waals surface area contributed by atoms with Gasteiger partial charge in [-0.2, -0.15) is 0 Å². The Morgan fingerprint density at radius 3 is 2.53 bits per heavy atom. The van der Waals surface area contributed by atoms with Crippen molar-refractivity contribution >= 4 is 45.4 Å². The summed E-state index contributed by atoms with van der Waals surface area (Å²) >= 11 is 3.28. The third-order valence-electron chi connectivity index (χ3n) is 5.56. The number of fused-ring (bicyclic) bond motifs is 1. The Labute approximate surface area is 182 Å². The Bertz CT molecular complexity index is 890. The summed E-state index contributed by atoms with van der Waals surface area (Å²) in [4.78, 5) is 51.3. The number of ether oxygens (including phenoxy) is 1. The van der Waals surface area contributed by atoms with Crippen molar-refractivity contribution in [2.75, 3.05) is 12.4 Å². The molecule has 1 saturated carbocycles. The van der Waals surface area contributed by atoms with Crippen LogP contribution in [-0.4, -0.2) is 54.0 Å². The predicted molar refractivity (Wildman–Crippen MR) is 113 cm³/mol. The van der Waals surface area contributed by atoms with E-state index in [2.05, 4.69) is 31.3 Å². The standard InChI is InChI=1S/C20H25BrN4O5/c1-9(2)16(24-20(29)30-3)19(28)25-14-6-10(14)7-15(25)18(27)23-13-5-4-11(21)8-12(13)17(22)26/h4-5,8-10,14-16H,6-7H2,1-3H3,(H2,22,26)(H,23,27)(H,24,29)/t10?,14?,15-,16-/m0/s1. The van der Waals surface area contributed by atoms with Crippen molar-refractivity contribution in [3.63, 3.8) is 0 Å². The number of piperidine rings is 1. The molecule has 30 heavy (non-hydrogen) atoms. The summed E-state index contributed by atoms with van der Waals surface area (Å²) in [5.74, 6) is -1.30. The molecule has 1 aliphatic carbocycles. The fraction of sp³-hybridized carbons (Fsp3) is 0.500. The second kappa shape index (κ2) is 8.63. The number of carbonyl (C=O) groups is 4. The lowest BCUT2D eigenvalue weighted by atomic mass is 10.0. The van der Waals surface area contributed by atoms with Crippen LogP contribution < -0.4 is 16.4 Å². The number of benzene rings is 1. The lowest BCUT2D eigenvalue weighted by Crippen LogP contribution is -2.55. The van der Waals surface area contributed by atoms with E-state index >= 15 is 0 Å². The minimum absolute atomic E-state index is 0.0190. The molecule has 4 atom stereocenters. The smallest absolute Gasteiger partial charge is 0.407 e. The maximum absolute atomic E-state index is 13.3. The van der Waals surface area contributed by atoms with Gasteiger partial charge in [-0.25, -0.2) is 4.79 Å². The van der Waals surface area contributed by atoms with Crippen LogP contribution in [0.1, 0.15) is 37.0 Å². The number of methoxy groups -OCH3 is 1. The topological polar surface area (TPSA) is 131 Å². The van der Waals surface area contributed by atoms with E-state index in [4.69, 9.17) is 5.73 Å². The number of hydrogen-bond acceptors (Lipinski definition) is 5. The zero-order chi connectivity index (χ0) is 22.2. The van der Waals surface area contributed by atoms with Gasteiger partial charge in [-0.05, 0) is 42.9 Å². The molecule has 2 fully saturated rings. The maximum Gasteiger partial charge on any atom is 0.407 e. The first-order valence-corrected chi connectivity index (χ1v) is 10.5. The molecule has 162 valence electrons. The fourth-order valence-corrected chi connectivity index (χ4v) is 4.27. The molecule has 9 nitrogen and oxygen atoms in total. The van der Waals surface area contributed by atoms with Gasteiger partial charge in [-0.15, -0.1) is 0 Å². The third kappa shape index (κ3) is 4.43. The van der Waals surface area contributed by atoms with Crippen LogP contribution in [0, 0.1) is 11.8 Å². The van der Waals surface area contributed by atoms with Gasteiger partial charge < -0.3 is 26.0 Å². The van der Waals surface area contributed by atoms with Gasteiger partial charge in [-0.3, -0.25) is 14.4 Å². The van der Waals surface area contributed by atoms with Gasteiger partial charge in [0.05, 0.1) is 18.4 Å². The second-order valence-corrected chi connectivity index (χ2v) is 8.88. The van der Waals surface area contributed by atoms with Crippen LogP contribution in [0.2, 0.25) is 0 Å². The lowest BCUT2D eigenvalue weighted by molar-refractivity contribution is -0.140. The Morgan fingerprint density at radius 2 is 1.93 bits per heavy atom. The Kier molecular flexibility index (Phi) is 6.35. The molecule has 1 aromatic rings. The minimum Gasteiger partial charge on any atom is -0.453 e. The Morgan fingerprint density at radius 1 is 1.23 bits per heavy atom. The summed E-state index contributed by atoms with van der Waals surface area (Å²) in [7, 11) is 1.23. The highest BCUT2D eigenvalue weighted by molar-refractivity contribution is 9.10. The number of nitrogens with two attached hydrogens (primary N) is 1. The number of halogens is 1. The predicted octanol–water partition coefficient (Wildman–Crippen LogP) is 1.86. The molecule has 1 saturated heterocycles. The molecule has 0 radical (unpaired) electrons. The SMILES string of the molecule is COC(=O)N[C@H](C(=O)N1C2CC2C[C@H]1C(=O)Nc1ccc(Br)cc1C(N)=O)C(C)C. The van der Waals surface area contributed by atoms with Crippen LogP contribution in [-0.2, 0) is 14.3 Å². The number of hydrogen-bond donors (Lipinski definition) is 3. The van der Waals surface area contributed by atoms with Crippen molar-refractivity contribution in [3.8, 4) is 0 Å². The van der Waals surface area contributed by atoms with Crippen molar-refractivity contribution in [1.29, 1.82) is 0 Å². The van der Waals surface area contributed by atoms with Gasteiger partial charge in [0.2, 0.25) is 11.8 Å². The van der Waals surface area contributed by atoms with E-state index in [0.29, 0.717) is 10.9 Å². The molecule has 0 bridgehead atoms.